The van der Waals surface area contributed by atoms with Gasteiger partial charge in [-0.15, -0.1) is 0 Å². The van der Waals surface area contributed by atoms with Crippen LogP contribution in [0.5, 0.6) is 0 Å². The van der Waals surface area contributed by atoms with Gasteiger partial charge in [-0.3, -0.25) is 0 Å². The van der Waals surface area contributed by atoms with Crippen LogP contribution in [-0.2, 0) is 4.79 Å². The molecule has 0 aliphatic carbocycles. The molecule has 0 bridgehead atoms. The number of hydrogen-bond acceptors (Lipinski definition) is 1. The number of ketones is 1. The number of rotatable bonds is 16. The van der Waals surface area contributed by atoms with Crippen LogP contribution in [0.2, 0.25) is 5.32 Å². The fourth-order valence-electron chi connectivity index (χ4n) is 2.92. The van der Waals surface area contributed by atoms with Crippen molar-refractivity contribution in [3.05, 3.63) is 30.3 Å². The molecule has 0 fully saturated rings. The minimum atomic E-state index is 0.329. The molecule has 0 unspecified atom stereocenters. The molecule has 0 radical (unpaired) electrons. The number of hydrogen-bond donors (Lipinski definition) is 0. The Kier molecular flexibility index (Phi) is 14.2. The van der Waals surface area contributed by atoms with E-state index in [0.29, 0.717) is 20.7 Å². The second kappa shape index (κ2) is 15.9. The van der Waals surface area contributed by atoms with Crippen molar-refractivity contribution in [3.8, 4) is 0 Å². The van der Waals surface area contributed by atoms with Gasteiger partial charge in [0.2, 0.25) is 0 Å². The molecule has 1 nitrogen and oxygen atoms in total. The van der Waals surface area contributed by atoms with Crippen LogP contribution in [0.1, 0.15) is 90.4 Å². The first-order valence-electron chi connectivity index (χ1n) is 10.0. The van der Waals surface area contributed by atoms with Crippen molar-refractivity contribution in [1.82, 2.24) is 0 Å². The zero-order chi connectivity index (χ0) is 17.3. The Morgan fingerprint density at radius 1 is 0.750 bits per heavy atom. The molecule has 1 rings (SSSR count). The van der Waals surface area contributed by atoms with Gasteiger partial charge in [0.15, 0.2) is 0 Å². The summed E-state index contributed by atoms with van der Waals surface area (Å²) in [6.07, 6.45) is 17.1. The van der Waals surface area contributed by atoms with E-state index in [0.717, 1.165) is 18.2 Å². The number of unbranched alkanes of at least 4 members (excludes halogenated alkanes) is 11. The van der Waals surface area contributed by atoms with Crippen LogP contribution in [-0.4, -0.2) is 20.7 Å². The quantitative estimate of drug-likeness (QED) is 0.244. The van der Waals surface area contributed by atoms with Crippen LogP contribution in [0.3, 0.4) is 0 Å². The Hall–Kier alpha value is -0.591. The maximum absolute atomic E-state index is 11.9. The molecule has 0 aliphatic rings. The third-order valence-corrected chi connectivity index (χ3v) is 6.70. The summed E-state index contributed by atoms with van der Waals surface area (Å²) in [5.74, 6) is 0.464. The molecule has 0 saturated heterocycles. The molecule has 1 aromatic carbocycles. The minimum absolute atomic E-state index is 0.329. The molecular weight excluding hydrogens is 359 g/mol. The molecule has 136 valence electrons. The van der Waals surface area contributed by atoms with E-state index < -0.39 is 0 Å². The van der Waals surface area contributed by atoms with E-state index in [1.54, 1.807) is 0 Å². The Morgan fingerprint density at radius 2 is 1.25 bits per heavy atom. The van der Waals surface area contributed by atoms with Gasteiger partial charge < -0.3 is 0 Å². The van der Waals surface area contributed by atoms with Gasteiger partial charge in [-0.2, -0.15) is 0 Å². The number of carbonyl (C=O) groups excluding carboxylic acids is 1. The Balaban J connectivity index is 1.82. The molecule has 0 amide bonds. The van der Waals surface area contributed by atoms with Crippen molar-refractivity contribution >= 4 is 25.2 Å². The van der Waals surface area contributed by atoms with E-state index in [-0.39, 0.29) is 0 Å². The third-order valence-electron chi connectivity index (χ3n) is 4.45. The van der Waals surface area contributed by atoms with E-state index in [1.165, 1.54) is 75.1 Å². The third kappa shape index (κ3) is 12.8. The second-order valence-electron chi connectivity index (χ2n) is 6.78. The maximum atomic E-state index is 11.9. The molecular formula is C22H36OSe. The zero-order valence-corrected chi connectivity index (χ0v) is 17.3. The van der Waals surface area contributed by atoms with Crippen molar-refractivity contribution in [3.63, 3.8) is 0 Å². The average Bonchev–Trinajstić information content (AvgIpc) is 2.62. The van der Waals surface area contributed by atoms with Gasteiger partial charge in [0.05, 0.1) is 0 Å². The van der Waals surface area contributed by atoms with Gasteiger partial charge >= 0.3 is 130 Å². The van der Waals surface area contributed by atoms with Crippen molar-refractivity contribution in [1.29, 1.82) is 0 Å². The molecule has 0 heterocycles. The monoisotopic (exact) mass is 396 g/mol. The summed E-state index contributed by atoms with van der Waals surface area (Å²) in [6, 6.07) is 10.4. The van der Waals surface area contributed by atoms with E-state index in [4.69, 9.17) is 0 Å². The molecule has 0 aliphatic heterocycles. The van der Waals surface area contributed by atoms with E-state index in [1.807, 2.05) is 6.07 Å². The molecule has 1 aromatic rings. The summed E-state index contributed by atoms with van der Waals surface area (Å²) in [7, 11) is 0. The first-order valence-corrected chi connectivity index (χ1v) is 12.1. The van der Waals surface area contributed by atoms with E-state index in [9.17, 15) is 4.79 Å². The van der Waals surface area contributed by atoms with Crippen molar-refractivity contribution < 1.29 is 4.79 Å². The molecule has 24 heavy (non-hydrogen) atoms. The molecule has 0 aromatic heterocycles. The van der Waals surface area contributed by atoms with Crippen molar-refractivity contribution in [2.75, 3.05) is 0 Å². The van der Waals surface area contributed by atoms with Gasteiger partial charge in [-0.1, -0.05) is 26.2 Å². The van der Waals surface area contributed by atoms with Crippen LogP contribution in [0.4, 0.5) is 0 Å². The first-order chi connectivity index (χ1) is 11.8. The Labute approximate surface area is 156 Å². The summed E-state index contributed by atoms with van der Waals surface area (Å²) >= 11 is 0.329. The topological polar surface area (TPSA) is 17.1 Å². The summed E-state index contributed by atoms with van der Waals surface area (Å²) < 4.78 is 1.34. The van der Waals surface area contributed by atoms with Crippen LogP contribution >= 0.6 is 0 Å². The molecule has 2 heteroatoms. The van der Waals surface area contributed by atoms with Gasteiger partial charge in [-0.25, -0.2) is 0 Å². The SMILES string of the molecule is CCCCCCCCCCCCCCC(=O)C[Se]c1ccccc1. The van der Waals surface area contributed by atoms with Crippen molar-refractivity contribution in [2.24, 2.45) is 0 Å². The predicted molar refractivity (Wildman–Crippen MR) is 107 cm³/mol. The second-order valence-corrected chi connectivity index (χ2v) is 8.98. The summed E-state index contributed by atoms with van der Waals surface area (Å²) in [5.41, 5.74) is 0. The summed E-state index contributed by atoms with van der Waals surface area (Å²) in [5, 5.41) is 0.773. The van der Waals surface area contributed by atoms with Gasteiger partial charge in [0, 0.05) is 0 Å². The van der Waals surface area contributed by atoms with Crippen LogP contribution in [0.15, 0.2) is 30.3 Å². The molecule has 0 N–H and O–H groups in total. The van der Waals surface area contributed by atoms with Gasteiger partial charge in [0.1, 0.15) is 0 Å². The summed E-state index contributed by atoms with van der Waals surface area (Å²) in [4.78, 5) is 11.9. The fraction of sp³-hybridized carbons (Fsp3) is 0.682. The summed E-state index contributed by atoms with van der Waals surface area (Å²) in [6.45, 7) is 2.28. The van der Waals surface area contributed by atoms with E-state index >= 15 is 0 Å². The van der Waals surface area contributed by atoms with Crippen LogP contribution in [0, 0.1) is 0 Å². The van der Waals surface area contributed by atoms with Crippen LogP contribution in [0.25, 0.3) is 0 Å². The number of Topliss-reactive ketones (excluding diaryl/α,β-unsaturated/α-hetero) is 1. The Bertz CT molecular complexity index is 402. The predicted octanol–water partition coefficient (Wildman–Crippen LogP) is 6.09. The van der Waals surface area contributed by atoms with Gasteiger partial charge in [-0.05, 0) is 0 Å². The fourth-order valence-corrected chi connectivity index (χ4v) is 4.64. The number of carbonyl (C=O) groups is 1. The Morgan fingerprint density at radius 3 is 1.79 bits per heavy atom. The van der Waals surface area contributed by atoms with E-state index in [2.05, 4.69) is 31.2 Å². The van der Waals surface area contributed by atoms with Crippen LogP contribution < -0.4 is 4.46 Å². The first kappa shape index (κ1) is 21.5. The normalized spacial score (nSPS) is 10.9. The number of benzene rings is 1. The van der Waals surface area contributed by atoms with Gasteiger partial charge in [0.25, 0.3) is 0 Å². The zero-order valence-electron chi connectivity index (χ0n) is 15.6. The standard InChI is InChI=1S/C22H36OSe/c1-2-3-4-5-6-7-8-9-10-11-12-14-17-21(23)20-24-22-18-15-13-16-19-22/h13,15-16,18-19H,2-12,14,17,20H2,1H3. The molecule has 0 saturated carbocycles. The molecule has 0 spiro atoms. The van der Waals surface area contributed by atoms with Crippen molar-refractivity contribution in [2.45, 2.75) is 95.7 Å². The molecule has 0 atom stereocenters. The average molecular weight is 395 g/mol.